The lowest BCUT2D eigenvalue weighted by atomic mass is 10.1. The molecule has 2 aromatic heterocycles. The standard InChI is InChI=1S/C17H21N3O3.C13H19NO3.C12H13N3O/c1-12(20-16(21)23-17(2,3)4)13-6-5-7-14(8-13)22-15-9-18-11-19-10-15;1-9(10-6-5-7-11(15)8-10)14-12(16)17-13(2,3)4;1-9(13)10-3-2-4-11(5-10)16-12-6-14-8-15-7-12/h5-12H,1-4H3,(H,20,21);5-9,15H,1-4H3,(H,14,16);2-9H,13H2,1H3/t12-;2*9-/m000/s1. The predicted molar refractivity (Wildman–Crippen MR) is 213 cm³/mol. The van der Waals surface area contributed by atoms with Crippen LogP contribution in [0, 0.1) is 0 Å². The molecule has 0 radical (unpaired) electrons. The Balaban J connectivity index is 0.000000230. The average Bonchev–Trinajstić information content (AvgIpc) is 3.11. The molecular weight excluding hydrogens is 715 g/mol. The summed E-state index contributed by atoms with van der Waals surface area (Å²) in [5.41, 5.74) is 7.53. The number of ether oxygens (including phenoxy) is 4. The molecule has 3 atom stereocenters. The molecule has 0 aliphatic heterocycles. The van der Waals surface area contributed by atoms with Gasteiger partial charge in [0.25, 0.3) is 0 Å². The Bertz CT molecular complexity index is 1950. The number of phenols is 1. The number of aromatic hydroxyl groups is 1. The fraction of sp³-hybridized carbons (Fsp3) is 0.333. The number of hydrogen-bond donors (Lipinski definition) is 4. The molecule has 0 unspecified atom stereocenters. The summed E-state index contributed by atoms with van der Waals surface area (Å²) in [5, 5.41) is 14.8. The van der Waals surface area contributed by atoms with Gasteiger partial charge in [0.1, 0.15) is 41.1 Å². The maximum Gasteiger partial charge on any atom is 0.408 e. The number of nitrogens with one attached hydrogen (secondary N) is 2. The first-order valence-corrected chi connectivity index (χ1v) is 18.0. The van der Waals surface area contributed by atoms with Crippen LogP contribution in [0.4, 0.5) is 9.59 Å². The summed E-state index contributed by atoms with van der Waals surface area (Å²) < 4.78 is 21.7. The molecule has 5 aromatic rings. The van der Waals surface area contributed by atoms with E-state index in [9.17, 15) is 14.7 Å². The van der Waals surface area contributed by atoms with E-state index in [1.54, 1.807) is 43.0 Å². The number of alkyl carbamates (subject to hydrolysis) is 2. The van der Waals surface area contributed by atoms with Gasteiger partial charge in [0, 0.05) is 6.04 Å². The molecular formula is C42H53N7O7. The summed E-state index contributed by atoms with van der Waals surface area (Å²) in [6.07, 6.45) is 8.39. The molecule has 0 aliphatic rings. The number of hydrogen-bond acceptors (Lipinski definition) is 12. The second-order valence-electron chi connectivity index (χ2n) is 14.6. The summed E-state index contributed by atoms with van der Waals surface area (Å²) >= 11 is 0. The molecule has 3 aromatic carbocycles. The smallest absolute Gasteiger partial charge is 0.408 e. The van der Waals surface area contributed by atoms with Crippen molar-refractivity contribution in [2.45, 2.75) is 91.6 Å². The van der Waals surface area contributed by atoms with E-state index in [0.717, 1.165) is 22.4 Å². The third kappa shape index (κ3) is 17.2. The monoisotopic (exact) mass is 767 g/mol. The number of phenolic OH excluding ortho intramolecular Hbond substituents is 1. The van der Waals surface area contributed by atoms with Gasteiger partial charge >= 0.3 is 12.2 Å². The van der Waals surface area contributed by atoms with Crippen LogP contribution in [0.3, 0.4) is 0 Å². The van der Waals surface area contributed by atoms with Gasteiger partial charge < -0.3 is 40.4 Å². The van der Waals surface area contributed by atoms with Gasteiger partial charge in [-0.15, -0.1) is 0 Å². The molecule has 14 heteroatoms. The number of aromatic nitrogens is 4. The van der Waals surface area contributed by atoms with Gasteiger partial charge in [-0.25, -0.2) is 29.5 Å². The van der Waals surface area contributed by atoms with Crippen molar-refractivity contribution in [3.63, 3.8) is 0 Å². The van der Waals surface area contributed by atoms with E-state index in [1.165, 1.54) is 12.7 Å². The third-order valence-corrected chi connectivity index (χ3v) is 7.12. The van der Waals surface area contributed by atoms with Crippen molar-refractivity contribution < 1.29 is 33.6 Å². The van der Waals surface area contributed by atoms with Gasteiger partial charge in [0.05, 0.1) is 36.9 Å². The normalized spacial score (nSPS) is 12.5. The molecule has 5 N–H and O–H groups in total. The van der Waals surface area contributed by atoms with Crippen molar-refractivity contribution >= 4 is 12.2 Å². The molecule has 0 bridgehead atoms. The highest BCUT2D eigenvalue weighted by atomic mass is 16.6. The van der Waals surface area contributed by atoms with Gasteiger partial charge in [0.2, 0.25) is 0 Å². The Morgan fingerprint density at radius 3 is 1.36 bits per heavy atom. The molecule has 0 saturated carbocycles. The predicted octanol–water partition coefficient (Wildman–Crippen LogP) is 9.12. The fourth-order valence-electron chi connectivity index (χ4n) is 4.59. The number of carbonyl (C=O) groups excluding carboxylic acids is 2. The van der Waals surface area contributed by atoms with E-state index in [1.807, 2.05) is 117 Å². The Kier molecular flexibility index (Phi) is 16.5. The van der Waals surface area contributed by atoms with E-state index >= 15 is 0 Å². The molecule has 0 saturated heterocycles. The van der Waals surface area contributed by atoms with Crippen LogP contribution in [0.15, 0.2) is 110 Å². The van der Waals surface area contributed by atoms with Crippen molar-refractivity contribution in [1.29, 1.82) is 0 Å². The van der Waals surface area contributed by atoms with Gasteiger partial charge in [-0.05, 0) is 115 Å². The Morgan fingerprint density at radius 1 is 0.589 bits per heavy atom. The molecule has 14 nitrogen and oxygen atoms in total. The maximum atomic E-state index is 11.8. The van der Waals surface area contributed by atoms with Gasteiger partial charge in [-0.1, -0.05) is 36.4 Å². The maximum absolute atomic E-state index is 11.8. The second kappa shape index (κ2) is 21.0. The van der Waals surface area contributed by atoms with Crippen LogP contribution in [-0.2, 0) is 9.47 Å². The van der Waals surface area contributed by atoms with E-state index in [-0.39, 0.29) is 23.9 Å². The van der Waals surface area contributed by atoms with Crippen LogP contribution in [0.1, 0.15) is 97.1 Å². The zero-order chi connectivity index (χ0) is 41.3. The molecule has 56 heavy (non-hydrogen) atoms. The topological polar surface area (TPSA) is 193 Å². The number of rotatable bonds is 9. The first kappa shape index (κ1) is 44.1. The highest BCUT2D eigenvalue weighted by Crippen LogP contribution is 2.25. The lowest BCUT2D eigenvalue weighted by Gasteiger charge is -2.22. The Labute approximate surface area is 328 Å². The first-order chi connectivity index (χ1) is 26.4. The van der Waals surface area contributed by atoms with Crippen LogP contribution in [0.2, 0.25) is 0 Å². The van der Waals surface area contributed by atoms with Crippen molar-refractivity contribution in [2.75, 3.05) is 0 Å². The minimum atomic E-state index is -0.526. The fourth-order valence-corrected chi connectivity index (χ4v) is 4.59. The zero-order valence-corrected chi connectivity index (χ0v) is 33.4. The van der Waals surface area contributed by atoms with Crippen molar-refractivity contribution in [1.82, 2.24) is 30.6 Å². The summed E-state index contributed by atoms with van der Waals surface area (Å²) in [6.45, 7) is 16.6. The van der Waals surface area contributed by atoms with Crippen LogP contribution in [0.25, 0.3) is 0 Å². The Morgan fingerprint density at radius 2 is 0.964 bits per heavy atom. The van der Waals surface area contributed by atoms with Crippen LogP contribution < -0.4 is 25.8 Å². The highest BCUT2D eigenvalue weighted by Gasteiger charge is 2.19. The average molecular weight is 768 g/mol. The second-order valence-corrected chi connectivity index (χ2v) is 14.6. The summed E-state index contributed by atoms with van der Waals surface area (Å²) in [6, 6.07) is 21.5. The number of nitrogens with two attached hydrogens (primary N) is 1. The molecule has 298 valence electrons. The van der Waals surface area contributed by atoms with Crippen LogP contribution in [0.5, 0.6) is 28.7 Å². The van der Waals surface area contributed by atoms with Gasteiger partial charge in [-0.3, -0.25) is 0 Å². The van der Waals surface area contributed by atoms with Crippen molar-refractivity contribution in [3.8, 4) is 28.7 Å². The highest BCUT2D eigenvalue weighted by molar-refractivity contribution is 5.68. The zero-order valence-electron chi connectivity index (χ0n) is 33.4. The molecule has 5 rings (SSSR count). The minimum absolute atomic E-state index is 0.00410. The SMILES string of the molecule is C[C@H](N)c1cccc(Oc2cncnc2)c1.C[C@H](NC(=O)OC(C)(C)C)c1cccc(O)c1.C[C@H](NC(=O)OC(C)(C)C)c1cccc(Oc2cncnc2)c1. The van der Waals surface area contributed by atoms with Crippen LogP contribution >= 0.6 is 0 Å². The molecule has 0 spiro atoms. The largest absolute Gasteiger partial charge is 0.508 e. The van der Waals surface area contributed by atoms with E-state index in [2.05, 4.69) is 30.6 Å². The van der Waals surface area contributed by atoms with Gasteiger partial charge in [0.15, 0.2) is 11.5 Å². The minimum Gasteiger partial charge on any atom is -0.508 e. The number of amides is 2. The van der Waals surface area contributed by atoms with E-state index in [0.29, 0.717) is 17.2 Å². The summed E-state index contributed by atoms with van der Waals surface area (Å²) in [4.78, 5) is 38.9. The summed E-state index contributed by atoms with van der Waals surface area (Å²) in [5.74, 6) is 2.74. The van der Waals surface area contributed by atoms with Crippen molar-refractivity contribution in [2.24, 2.45) is 5.73 Å². The molecule has 0 fully saturated rings. The molecule has 2 heterocycles. The first-order valence-electron chi connectivity index (χ1n) is 18.0. The van der Waals surface area contributed by atoms with E-state index < -0.39 is 23.4 Å². The third-order valence-electron chi connectivity index (χ3n) is 7.12. The number of nitrogens with zero attached hydrogens (tertiary/aromatic N) is 4. The number of carbonyl (C=O) groups is 2. The quantitative estimate of drug-likeness (QED) is 0.111. The lowest BCUT2D eigenvalue weighted by molar-refractivity contribution is 0.0496. The molecule has 0 aliphatic carbocycles. The van der Waals surface area contributed by atoms with Crippen molar-refractivity contribution in [3.05, 3.63) is 127 Å². The van der Waals surface area contributed by atoms with E-state index in [4.69, 9.17) is 24.7 Å². The van der Waals surface area contributed by atoms with Gasteiger partial charge in [-0.2, -0.15) is 0 Å². The molecule has 2 amide bonds. The Hall–Kier alpha value is -6.28. The number of benzene rings is 3. The summed E-state index contributed by atoms with van der Waals surface area (Å²) in [7, 11) is 0. The van der Waals surface area contributed by atoms with Crippen LogP contribution in [-0.4, -0.2) is 48.4 Å². The lowest BCUT2D eigenvalue weighted by Crippen LogP contribution is -2.34.